The van der Waals surface area contributed by atoms with Crippen molar-refractivity contribution in [3.05, 3.63) is 23.8 Å². The van der Waals surface area contributed by atoms with Gasteiger partial charge in [-0.25, -0.2) is 8.42 Å². The van der Waals surface area contributed by atoms with E-state index in [1.807, 2.05) is 13.8 Å². The Morgan fingerprint density at radius 1 is 1.41 bits per heavy atom. The van der Waals surface area contributed by atoms with Gasteiger partial charge in [-0.05, 0) is 38.0 Å². The molecule has 0 heterocycles. The number of hydrogen-bond donors (Lipinski definition) is 1. The third-order valence-corrected chi connectivity index (χ3v) is 5.19. The molecule has 17 heavy (non-hydrogen) atoms. The van der Waals surface area contributed by atoms with Gasteiger partial charge < -0.3 is 5.73 Å². The average Bonchev–Trinajstić information content (AvgIpc) is 2.30. The van der Waals surface area contributed by atoms with Gasteiger partial charge in [-0.1, -0.05) is 13.0 Å². The molecule has 1 unspecified atom stereocenters. The van der Waals surface area contributed by atoms with Crippen LogP contribution in [0.15, 0.2) is 23.1 Å². The molecule has 96 valence electrons. The lowest BCUT2D eigenvalue weighted by Gasteiger charge is -2.24. The Balaban J connectivity index is 3.26. The molecule has 5 heteroatoms. The van der Waals surface area contributed by atoms with E-state index >= 15 is 0 Å². The van der Waals surface area contributed by atoms with Crippen molar-refractivity contribution >= 4 is 15.7 Å². The monoisotopic (exact) mass is 256 g/mol. The molecule has 1 aromatic rings. The van der Waals surface area contributed by atoms with Crippen LogP contribution in [0.4, 0.5) is 5.69 Å². The number of nitrogens with two attached hydrogens (primary N) is 1. The Morgan fingerprint density at radius 3 is 2.53 bits per heavy atom. The van der Waals surface area contributed by atoms with E-state index in [2.05, 4.69) is 0 Å². The summed E-state index contributed by atoms with van der Waals surface area (Å²) in [6.45, 7) is 5.62. The van der Waals surface area contributed by atoms with Crippen molar-refractivity contribution < 1.29 is 8.42 Å². The largest absolute Gasteiger partial charge is 0.399 e. The van der Waals surface area contributed by atoms with E-state index in [0.717, 1.165) is 6.42 Å². The number of nitrogens with zero attached hydrogens (tertiary/aromatic N) is 1. The molecule has 0 aliphatic rings. The minimum absolute atomic E-state index is 0.0270. The van der Waals surface area contributed by atoms with E-state index in [-0.39, 0.29) is 6.04 Å². The van der Waals surface area contributed by atoms with Crippen LogP contribution in [0, 0.1) is 6.92 Å². The Hall–Kier alpha value is -1.07. The Bertz CT molecular complexity index is 497. The van der Waals surface area contributed by atoms with E-state index in [1.165, 1.54) is 10.4 Å². The van der Waals surface area contributed by atoms with E-state index < -0.39 is 10.0 Å². The maximum Gasteiger partial charge on any atom is 0.243 e. The van der Waals surface area contributed by atoms with Crippen LogP contribution >= 0.6 is 0 Å². The predicted octanol–water partition coefficient (Wildman–Crippen LogP) is 2.00. The average molecular weight is 256 g/mol. The van der Waals surface area contributed by atoms with Crippen molar-refractivity contribution in [2.24, 2.45) is 0 Å². The molecule has 0 aromatic heterocycles. The number of benzene rings is 1. The van der Waals surface area contributed by atoms with Gasteiger partial charge >= 0.3 is 0 Å². The minimum atomic E-state index is -3.45. The standard InChI is InChI=1S/C12H20N2O2S/c1-5-10(3)14(4)17(15,16)12-8-11(13)7-6-9(12)2/h6-8,10H,5,13H2,1-4H3. The zero-order valence-electron chi connectivity index (χ0n) is 10.8. The fraction of sp³-hybridized carbons (Fsp3) is 0.500. The van der Waals surface area contributed by atoms with Gasteiger partial charge in [-0.3, -0.25) is 0 Å². The summed E-state index contributed by atoms with van der Waals surface area (Å²) < 4.78 is 26.1. The van der Waals surface area contributed by atoms with E-state index in [4.69, 9.17) is 5.73 Å². The number of hydrogen-bond acceptors (Lipinski definition) is 3. The summed E-state index contributed by atoms with van der Waals surface area (Å²) in [5.41, 5.74) is 6.83. The molecule has 4 nitrogen and oxygen atoms in total. The molecule has 0 amide bonds. The van der Waals surface area contributed by atoms with Gasteiger partial charge in [0.05, 0.1) is 4.90 Å². The molecule has 0 saturated heterocycles. The Labute approximate surface area is 103 Å². The summed E-state index contributed by atoms with van der Waals surface area (Å²) in [5, 5.41) is 0. The van der Waals surface area contributed by atoms with Gasteiger partial charge in [0.2, 0.25) is 10.0 Å². The third-order valence-electron chi connectivity index (χ3n) is 3.08. The van der Waals surface area contributed by atoms with Crippen LogP contribution in [0.5, 0.6) is 0 Å². The number of sulfonamides is 1. The maximum atomic E-state index is 12.4. The number of rotatable bonds is 4. The van der Waals surface area contributed by atoms with Crippen molar-refractivity contribution in [3.63, 3.8) is 0 Å². The van der Waals surface area contributed by atoms with Gasteiger partial charge in [0, 0.05) is 18.8 Å². The summed E-state index contributed by atoms with van der Waals surface area (Å²) >= 11 is 0. The molecule has 0 aliphatic heterocycles. The van der Waals surface area contributed by atoms with E-state index in [1.54, 1.807) is 26.1 Å². The van der Waals surface area contributed by atoms with Gasteiger partial charge in [-0.2, -0.15) is 4.31 Å². The zero-order valence-corrected chi connectivity index (χ0v) is 11.6. The van der Waals surface area contributed by atoms with Crippen molar-refractivity contribution in [2.45, 2.75) is 38.1 Å². The number of anilines is 1. The fourth-order valence-electron chi connectivity index (χ4n) is 1.54. The topological polar surface area (TPSA) is 63.4 Å². The predicted molar refractivity (Wildman–Crippen MR) is 70.3 cm³/mol. The quantitative estimate of drug-likeness (QED) is 0.838. The van der Waals surface area contributed by atoms with Gasteiger partial charge in [-0.15, -0.1) is 0 Å². The first-order valence-corrected chi connectivity index (χ1v) is 7.08. The fourth-order valence-corrected chi connectivity index (χ4v) is 3.24. The second-order valence-electron chi connectivity index (χ2n) is 4.30. The van der Waals surface area contributed by atoms with Gasteiger partial charge in [0.1, 0.15) is 0 Å². The summed E-state index contributed by atoms with van der Waals surface area (Å²) in [6.07, 6.45) is 0.775. The van der Waals surface area contributed by atoms with Crippen LogP contribution in [-0.2, 0) is 10.0 Å². The zero-order chi connectivity index (χ0) is 13.2. The second kappa shape index (κ2) is 5.06. The second-order valence-corrected chi connectivity index (χ2v) is 6.27. The Morgan fingerprint density at radius 2 is 2.00 bits per heavy atom. The molecule has 2 N–H and O–H groups in total. The lowest BCUT2D eigenvalue weighted by molar-refractivity contribution is 0.380. The van der Waals surface area contributed by atoms with Gasteiger partial charge in [0.25, 0.3) is 0 Å². The molecule has 0 bridgehead atoms. The van der Waals surface area contributed by atoms with Crippen LogP contribution in [0.3, 0.4) is 0 Å². The molecule has 0 fully saturated rings. The first-order valence-electron chi connectivity index (χ1n) is 5.64. The van der Waals surface area contributed by atoms with Crippen LogP contribution in [0.2, 0.25) is 0 Å². The minimum Gasteiger partial charge on any atom is -0.399 e. The van der Waals surface area contributed by atoms with E-state index in [9.17, 15) is 8.42 Å². The molecule has 0 radical (unpaired) electrons. The Kier molecular flexibility index (Phi) is 4.16. The highest BCUT2D eigenvalue weighted by atomic mass is 32.2. The molecule has 0 aliphatic carbocycles. The lowest BCUT2D eigenvalue weighted by Crippen LogP contribution is -2.35. The molecule has 0 saturated carbocycles. The molecular formula is C12H20N2O2S. The first-order chi connectivity index (χ1) is 7.80. The number of aryl methyl sites for hydroxylation is 1. The van der Waals surface area contributed by atoms with Crippen molar-refractivity contribution in [2.75, 3.05) is 12.8 Å². The summed E-state index contributed by atoms with van der Waals surface area (Å²) in [7, 11) is -1.85. The maximum absolute atomic E-state index is 12.4. The molecular weight excluding hydrogens is 236 g/mol. The normalized spacial score (nSPS) is 13.9. The van der Waals surface area contributed by atoms with Crippen LogP contribution in [0.25, 0.3) is 0 Å². The molecule has 1 atom stereocenters. The van der Waals surface area contributed by atoms with Crippen molar-refractivity contribution in [3.8, 4) is 0 Å². The highest BCUT2D eigenvalue weighted by Crippen LogP contribution is 2.23. The lowest BCUT2D eigenvalue weighted by atomic mass is 10.2. The number of nitrogen functional groups attached to an aromatic ring is 1. The summed E-state index contributed by atoms with van der Waals surface area (Å²) in [4.78, 5) is 0.292. The molecule has 1 rings (SSSR count). The summed E-state index contributed by atoms with van der Waals surface area (Å²) in [6, 6.07) is 4.93. The van der Waals surface area contributed by atoms with Crippen molar-refractivity contribution in [1.82, 2.24) is 4.31 Å². The van der Waals surface area contributed by atoms with Crippen molar-refractivity contribution in [1.29, 1.82) is 0 Å². The van der Waals surface area contributed by atoms with Crippen LogP contribution in [-0.4, -0.2) is 25.8 Å². The molecule has 0 spiro atoms. The smallest absolute Gasteiger partial charge is 0.243 e. The third kappa shape index (κ3) is 2.79. The van der Waals surface area contributed by atoms with Crippen LogP contribution < -0.4 is 5.73 Å². The van der Waals surface area contributed by atoms with E-state index in [0.29, 0.717) is 16.1 Å². The van der Waals surface area contributed by atoms with Crippen LogP contribution in [0.1, 0.15) is 25.8 Å². The van der Waals surface area contributed by atoms with Gasteiger partial charge in [0.15, 0.2) is 0 Å². The summed E-state index contributed by atoms with van der Waals surface area (Å²) in [5.74, 6) is 0. The first kappa shape index (κ1) is 14.0. The highest BCUT2D eigenvalue weighted by Gasteiger charge is 2.25. The molecule has 1 aromatic carbocycles. The highest BCUT2D eigenvalue weighted by molar-refractivity contribution is 7.89. The SMILES string of the molecule is CCC(C)N(C)S(=O)(=O)c1cc(N)ccc1C.